The van der Waals surface area contributed by atoms with Gasteiger partial charge in [0.2, 0.25) is 0 Å². The maximum absolute atomic E-state index is 12.1. The summed E-state index contributed by atoms with van der Waals surface area (Å²) in [6.07, 6.45) is 2.50. The van der Waals surface area contributed by atoms with Gasteiger partial charge in [-0.05, 0) is 50.1 Å². The molecule has 6 heteroatoms. The van der Waals surface area contributed by atoms with E-state index in [0.29, 0.717) is 31.1 Å². The zero-order valence-corrected chi connectivity index (χ0v) is 17.3. The third kappa shape index (κ3) is 4.48. The minimum atomic E-state index is -0.794. The van der Waals surface area contributed by atoms with Gasteiger partial charge < -0.3 is 19.3 Å². The average Bonchev–Trinajstić information content (AvgIpc) is 2.74. The van der Waals surface area contributed by atoms with Gasteiger partial charge in [0.25, 0.3) is 0 Å². The lowest BCUT2D eigenvalue weighted by Gasteiger charge is -2.40. The molecule has 0 aliphatic carbocycles. The first-order chi connectivity index (χ1) is 14.1. The number of para-hydroxylation sites is 1. The van der Waals surface area contributed by atoms with Crippen LogP contribution in [0.25, 0.3) is 0 Å². The number of hydrogen-bond acceptors (Lipinski definition) is 5. The van der Waals surface area contributed by atoms with Crippen LogP contribution in [0.3, 0.4) is 0 Å². The highest BCUT2D eigenvalue weighted by molar-refractivity contribution is 5.74. The normalized spacial score (nSPS) is 18.1. The summed E-state index contributed by atoms with van der Waals surface area (Å²) in [6.45, 7) is 3.21. The summed E-state index contributed by atoms with van der Waals surface area (Å²) in [4.78, 5) is 14.1. The Hall–Kier alpha value is -2.73. The maximum atomic E-state index is 12.1. The lowest BCUT2D eigenvalue weighted by Crippen LogP contribution is -2.46. The van der Waals surface area contributed by atoms with E-state index in [1.54, 1.807) is 14.2 Å². The number of aliphatic carboxylic acids is 1. The lowest BCUT2D eigenvalue weighted by molar-refractivity contribution is -0.145. The van der Waals surface area contributed by atoms with Gasteiger partial charge in [-0.2, -0.15) is 0 Å². The summed E-state index contributed by atoms with van der Waals surface area (Å²) >= 11 is 0. The number of piperidine rings is 1. The van der Waals surface area contributed by atoms with Crippen molar-refractivity contribution in [3.63, 3.8) is 0 Å². The Morgan fingerprint density at radius 3 is 2.66 bits per heavy atom. The molecule has 6 nitrogen and oxygen atoms in total. The van der Waals surface area contributed by atoms with E-state index in [9.17, 15) is 9.90 Å². The maximum Gasteiger partial charge on any atom is 0.320 e. The van der Waals surface area contributed by atoms with Crippen LogP contribution in [0.1, 0.15) is 43.4 Å². The van der Waals surface area contributed by atoms with Gasteiger partial charge >= 0.3 is 5.97 Å². The smallest absolute Gasteiger partial charge is 0.320 e. The van der Waals surface area contributed by atoms with Crippen LogP contribution in [0.4, 0.5) is 0 Å². The van der Waals surface area contributed by atoms with E-state index in [-0.39, 0.29) is 6.04 Å². The van der Waals surface area contributed by atoms with E-state index in [4.69, 9.17) is 14.2 Å². The van der Waals surface area contributed by atoms with Gasteiger partial charge in [0, 0.05) is 5.56 Å². The molecule has 0 saturated carbocycles. The molecule has 1 aliphatic rings. The van der Waals surface area contributed by atoms with Crippen molar-refractivity contribution in [1.82, 2.24) is 4.90 Å². The van der Waals surface area contributed by atoms with E-state index < -0.39 is 12.0 Å². The summed E-state index contributed by atoms with van der Waals surface area (Å²) < 4.78 is 16.9. The molecule has 0 radical (unpaired) electrons. The highest BCUT2D eigenvalue weighted by Crippen LogP contribution is 2.42. The second-order valence-electron chi connectivity index (χ2n) is 7.08. The van der Waals surface area contributed by atoms with Crippen molar-refractivity contribution in [2.45, 2.75) is 38.3 Å². The van der Waals surface area contributed by atoms with Crippen molar-refractivity contribution in [2.24, 2.45) is 0 Å². The summed E-state index contributed by atoms with van der Waals surface area (Å²) in [7, 11) is 3.22. The van der Waals surface area contributed by atoms with Crippen molar-refractivity contribution in [3.05, 3.63) is 53.6 Å². The van der Waals surface area contributed by atoms with Gasteiger partial charge in [0.15, 0.2) is 11.5 Å². The number of rotatable bonds is 8. The Morgan fingerprint density at radius 1 is 1.17 bits per heavy atom. The van der Waals surface area contributed by atoms with Crippen LogP contribution in [-0.4, -0.2) is 49.4 Å². The van der Waals surface area contributed by atoms with Crippen molar-refractivity contribution in [3.8, 4) is 17.2 Å². The fraction of sp³-hybridized carbons (Fsp3) is 0.435. The Kier molecular flexibility index (Phi) is 6.99. The zero-order valence-electron chi connectivity index (χ0n) is 17.3. The highest BCUT2D eigenvalue weighted by Gasteiger charge is 2.37. The molecular weight excluding hydrogens is 370 g/mol. The van der Waals surface area contributed by atoms with Crippen LogP contribution in [0.5, 0.6) is 17.2 Å². The molecular formula is C23H29NO5. The predicted molar refractivity (Wildman–Crippen MR) is 111 cm³/mol. The highest BCUT2D eigenvalue weighted by atomic mass is 16.5. The molecule has 0 amide bonds. The van der Waals surface area contributed by atoms with E-state index >= 15 is 0 Å². The molecule has 2 aromatic carbocycles. The molecule has 1 N–H and O–H groups in total. The van der Waals surface area contributed by atoms with Gasteiger partial charge in [-0.15, -0.1) is 0 Å². The third-order valence-corrected chi connectivity index (χ3v) is 5.37. The Morgan fingerprint density at radius 2 is 1.97 bits per heavy atom. The topological polar surface area (TPSA) is 68.2 Å². The standard InChI is InChI=1S/C23H29NO5/c1-4-29-17-10-7-9-16(15-17)21(24-14-6-5-12-19(24)23(25)26)18-11-8-13-20(27-2)22(18)28-3/h7-11,13,15,19,21H,4-6,12,14H2,1-3H3,(H,25,26). The van der Waals surface area contributed by atoms with Crippen molar-refractivity contribution >= 4 is 5.97 Å². The first kappa shape index (κ1) is 21.0. The summed E-state index contributed by atoms with van der Waals surface area (Å²) in [5.74, 6) is 1.22. The fourth-order valence-corrected chi connectivity index (χ4v) is 4.15. The molecule has 0 aromatic heterocycles. The fourth-order valence-electron chi connectivity index (χ4n) is 4.15. The molecule has 1 fully saturated rings. The predicted octanol–water partition coefficient (Wildman–Crippen LogP) is 4.13. The average molecular weight is 399 g/mol. The number of nitrogens with zero attached hydrogens (tertiary/aromatic N) is 1. The Balaban J connectivity index is 2.17. The quantitative estimate of drug-likeness (QED) is 0.720. The molecule has 3 rings (SSSR count). The summed E-state index contributed by atoms with van der Waals surface area (Å²) in [5.41, 5.74) is 1.85. The molecule has 29 heavy (non-hydrogen) atoms. The Labute approximate surface area is 172 Å². The number of methoxy groups -OCH3 is 2. The molecule has 1 aliphatic heterocycles. The second-order valence-corrected chi connectivity index (χ2v) is 7.08. The van der Waals surface area contributed by atoms with Gasteiger partial charge in [-0.25, -0.2) is 0 Å². The molecule has 0 spiro atoms. The third-order valence-electron chi connectivity index (χ3n) is 5.37. The number of likely N-dealkylation sites (tertiary alicyclic amines) is 1. The van der Waals surface area contributed by atoms with Crippen LogP contribution in [0.15, 0.2) is 42.5 Å². The summed E-state index contributed by atoms with van der Waals surface area (Å²) in [6, 6.07) is 12.8. The minimum absolute atomic E-state index is 0.290. The molecule has 1 heterocycles. The van der Waals surface area contributed by atoms with Crippen LogP contribution in [-0.2, 0) is 4.79 Å². The van der Waals surface area contributed by atoms with Crippen LogP contribution in [0, 0.1) is 0 Å². The lowest BCUT2D eigenvalue weighted by atomic mass is 9.91. The largest absolute Gasteiger partial charge is 0.494 e. The molecule has 2 aromatic rings. The van der Waals surface area contributed by atoms with Gasteiger partial charge in [0.1, 0.15) is 11.8 Å². The number of carboxylic acid groups (broad SMARTS) is 1. The number of carboxylic acids is 1. The van der Waals surface area contributed by atoms with Gasteiger partial charge in [-0.1, -0.05) is 30.7 Å². The van der Waals surface area contributed by atoms with Crippen molar-refractivity contribution in [1.29, 1.82) is 0 Å². The van der Waals surface area contributed by atoms with Crippen molar-refractivity contribution in [2.75, 3.05) is 27.4 Å². The second kappa shape index (κ2) is 9.65. The first-order valence-electron chi connectivity index (χ1n) is 10.0. The molecule has 1 saturated heterocycles. The van der Waals surface area contributed by atoms with Crippen molar-refractivity contribution < 1.29 is 24.1 Å². The van der Waals surface area contributed by atoms with Crippen LogP contribution >= 0.6 is 0 Å². The minimum Gasteiger partial charge on any atom is -0.494 e. The monoisotopic (exact) mass is 399 g/mol. The van der Waals surface area contributed by atoms with E-state index in [1.165, 1.54) is 0 Å². The van der Waals surface area contributed by atoms with Gasteiger partial charge in [-0.3, -0.25) is 9.69 Å². The number of hydrogen-bond donors (Lipinski definition) is 1. The molecule has 0 bridgehead atoms. The zero-order chi connectivity index (χ0) is 20.8. The first-order valence-corrected chi connectivity index (χ1v) is 10.0. The number of benzene rings is 2. The Bertz CT molecular complexity index is 838. The molecule has 2 atom stereocenters. The van der Waals surface area contributed by atoms with Gasteiger partial charge in [0.05, 0.1) is 26.9 Å². The molecule has 2 unspecified atom stereocenters. The SMILES string of the molecule is CCOc1cccc(C(c2cccc(OC)c2OC)N2CCCCC2C(=O)O)c1. The summed E-state index contributed by atoms with van der Waals surface area (Å²) in [5, 5.41) is 9.90. The van der Waals surface area contributed by atoms with Crippen LogP contribution < -0.4 is 14.2 Å². The molecule has 156 valence electrons. The van der Waals surface area contributed by atoms with Crippen LogP contribution in [0.2, 0.25) is 0 Å². The number of ether oxygens (including phenoxy) is 3. The van der Waals surface area contributed by atoms with E-state index in [2.05, 4.69) is 4.90 Å². The number of carbonyl (C=O) groups is 1. The van der Waals surface area contributed by atoms with E-state index in [1.807, 2.05) is 49.4 Å². The van der Waals surface area contributed by atoms with E-state index in [0.717, 1.165) is 29.7 Å².